The van der Waals surface area contributed by atoms with E-state index in [2.05, 4.69) is 48.2 Å². The molecule has 1 atom stereocenters. The Morgan fingerprint density at radius 1 is 0.872 bits per heavy atom. The zero-order valence-corrected chi connectivity index (χ0v) is 24.1. The fourth-order valence-electron chi connectivity index (χ4n) is 4.84. The first kappa shape index (κ1) is 28.9. The van der Waals surface area contributed by atoms with E-state index < -0.39 is 5.60 Å². The summed E-state index contributed by atoms with van der Waals surface area (Å²) in [5, 5.41) is 10.5. The first-order chi connectivity index (χ1) is 18.7. The molecule has 1 saturated heterocycles. The highest BCUT2D eigenvalue weighted by atomic mass is 16.7. The molecule has 1 fully saturated rings. The monoisotopic (exact) mass is 529 g/mol. The largest absolute Gasteiger partial charge is 0.492 e. The van der Waals surface area contributed by atoms with Crippen LogP contribution in [0.25, 0.3) is 11.1 Å². The van der Waals surface area contributed by atoms with Gasteiger partial charge in [0.1, 0.15) is 18.1 Å². The molecular formula is C34H43NO4. The van der Waals surface area contributed by atoms with Gasteiger partial charge in [-0.3, -0.25) is 0 Å². The molecular weight excluding hydrogens is 486 g/mol. The summed E-state index contributed by atoms with van der Waals surface area (Å²) >= 11 is 0. The number of hydrogen-bond donors (Lipinski definition) is 1. The van der Waals surface area contributed by atoms with Crippen molar-refractivity contribution in [3.8, 4) is 11.5 Å². The molecule has 1 N–H and O–H groups in total. The van der Waals surface area contributed by atoms with Crippen molar-refractivity contribution in [3.63, 3.8) is 0 Å². The lowest BCUT2D eigenvalue weighted by Gasteiger charge is -2.23. The second-order valence-corrected chi connectivity index (χ2v) is 11.0. The van der Waals surface area contributed by atoms with Crippen LogP contribution in [0.1, 0.15) is 68.7 Å². The standard InChI is InChI=1S/C34H43NO4/c1-6-31(25-10-16-28(17-11-25)34(2,3)36)33(26-12-18-29(19-13-26)37-24-22-35(4)5)27-14-20-30(21-15-27)39-32-9-7-8-23-38-32/h10-21,32,36H,6-9,22-24H2,1-5H3/b33-31-. The number of likely N-dealkylation sites (N-methyl/N-ethyl adjacent to an activating group) is 1. The van der Waals surface area contributed by atoms with Crippen molar-refractivity contribution >= 4 is 11.1 Å². The number of nitrogens with zero attached hydrogens (tertiary/aromatic N) is 1. The lowest BCUT2D eigenvalue weighted by molar-refractivity contribution is -0.105. The Kier molecular flexibility index (Phi) is 9.84. The van der Waals surface area contributed by atoms with Gasteiger partial charge in [0, 0.05) is 13.0 Å². The smallest absolute Gasteiger partial charge is 0.199 e. The molecule has 1 aliphatic heterocycles. The van der Waals surface area contributed by atoms with Crippen LogP contribution in [0.4, 0.5) is 0 Å². The van der Waals surface area contributed by atoms with Gasteiger partial charge in [0.25, 0.3) is 0 Å². The summed E-state index contributed by atoms with van der Waals surface area (Å²) in [4.78, 5) is 2.11. The summed E-state index contributed by atoms with van der Waals surface area (Å²) in [7, 11) is 4.09. The maximum atomic E-state index is 10.5. The van der Waals surface area contributed by atoms with E-state index in [1.165, 1.54) is 11.1 Å². The summed E-state index contributed by atoms with van der Waals surface area (Å²) < 4.78 is 17.8. The Morgan fingerprint density at radius 3 is 1.97 bits per heavy atom. The van der Waals surface area contributed by atoms with Crippen LogP contribution in [-0.4, -0.2) is 50.2 Å². The summed E-state index contributed by atoms with van der Waals surface area (Å²) in [6.07, 6.45) is 3.85. The summed E-state index contributed by atoms with van der Waals surface area (Å²) in [6, 6.07) is 25.0. The second-order valence-electron chi connectivity index (χ2n) is 11.0. The van der Waals surface area contributed by atoms with E-state index in [0.717, 1.165) is 72.6 Å². The molecule has 3 aromatic rings. The lowest BCUT2D eigenvalue weighted by atomic mass is 9.87. The zero-order chi connectivity index (χ0) is 27.8. The van der Waals surface area contributed by atoms with Gasteiger partial charge >= 0.3 is 0 Å². The van der Waals surface area contributed by atoms with Crippen LogP contribution in [0.3, 0.4) is 0 Å². The molecule has 0 radical (unpaired) electrons. The van der Waals surface area contributed by atoms with E-state index in [4.69, 9.17) is 14.2 Å². The minimum Gasteiger partial charge on any atom is -0.492 e. The fraction of sp³-hybridized carbons (Fsp3) is 0.412. The SMILES string of the molecule is CC/C(=C(\c1ccc(OCCN(C)C)cc1)c1ccc(OC2CCCCO2)cc1)c1ccc(C(C)(C)O)cc1. The molecule has 4 rings (SSSR count). The van der Waals surface area contributed by atoms with Crippen LogP contribution in [0.2, 0.25) is 0 Å². The first-order valence-corrected chi connectivity index (χ1v) is 14.1. The Morgan fingerprint density at radius 2 is 1.46 bits per heavy atom. The van der Waals surface area contributed by atoms with E-state index in [1.54, 1.807) is 0 Å². The van der Waals surface area contributed by atoms with Crippen molar-refractivity contribution in [2.24, 2.45) is 0 Å². The van der Waals surface area contributed by atoms with E-state index in [-0.39, 0.29) is 6.29 Å². The Hall–Kier alpha value is -3.12. The minimum absolute atomic E-state index is 0.167. The third-order valence-corrected chi connectivity index (χ3v) is 7.09. The van der Waals surface area contributed by atoms with Gasteiger partial charge in [-0.15, -0.1) is 0 Å². The minimum atomic E-state index is -0.877. The van der Waals surface area contributed by atoms with Gasteiger partial charge < -0.3 is 24.2 Å². The average molecular weight is 530 g/mol. The first-order valence-electron chi connectivity index (χ1n) is 14.1. The number of ether oxygens (including phenoxy) is 3. The molecule has 0 saturated carbocycles. The molecule has 5 nitrogen and oxygen atoms in total. The van der Waals surface area contributed by atoms with Crippen LogP contribution < -0.4 is 9.47 Å². The van der Waals surface area contributed by atoms with Crippen LogP contribution >= 0.6 is 0 Å². The lowest BCUT2D eigenvalue weighted by Crippen LogP contribution is -2.24. The second kappa shape index (κ2) is 13.3. The van der Waals surface area contributed by atoms with Crippen molar-refractivity contribution in [1.29, 1.82) is 0 Å². The molecule has 5 heteroatoms. The van der Waals surface area contributed by atoms with Gasteiger partial charge in [0.05, 0.1) is 12.2 Å². The molecule has 0 spiro atoms. The van der Waals surface area contributed by atoms with E-state index in [1.807, 2.05) is 64.3 Å². The van der Waals surface area contributed by atoms with Gasteiger partial charge in [-0.05, 0) is 105 Å². The number of hydrogen-bond acceptors (Lipinski definition) is 5. The molecule has 0 amide bonds. The molecule has 1 aliphatic rings. The number of benzene rings is 3. The Balaban J connectivity index is 1.69. The normalized spacial score (nSPS) is 16.6. The predicted molar refractivity (Wildman–Crippen MR) is 159 cm³/mol. The van der Waals surface area contributed by atoms with Crippen LogP contribution in [0.15, 0.2) is 72.8 Å². The van der Waals surface area contributed by atoms with Crippen LogP contribution in [0.5, 0.6) is 11.5 Å². The van der Waals surface area contributed by atoms with Gasteiger partial charge in [-0.25, -0.2) is 0 Å². The van der Waals surface area contributed by atoms with Gasteiger partial charge in [0.2, 0.25) is 0 Å². The average Bonchev–Trinajstić information content (AvgIpc) is 2.93. The molecule has 0 bridgehead atoms. The quantitative estimate of drug-likeness (QED) is 0.268. The zero-order valence-electron chi connectivity index (χ0n) is 24.1. The molecule has 1 heterocycles. The summed E-state index contributed by atoms with van der Waals surface area (Å²) in [5.74, 6) is 1.69. The molecule has 3 aromatic carbocycles. The van der Waals surface area contributed by atoms with Crippen LogP contribution in [-0.2, 0) is 10.3 Å². The van der Waals surface area contributed by atoms with Gasteiger partial charge in [0.15, 0.2) is 6.29 Å². The maximum absolute atomic E-state index is 10.5. The van der Waals surface area contributed by atoms with Crippen molar-refractivity contribution in [2.45, 2.75) is 58.3 Å². The Labute approximate surface area is 234 Å². The topological polar surface area (TPSA) is 51.2 Å². The summed E-state index contributed by atoms with van der Waals surface area (Å²) in [5.41, 5.74) is 5.82. The molecule has 1 unspecified atom stereocenters. The predicted octanol–water partition coefficient (Wildman–Crippen LogP) is 7.13. The number of allylic oxidation sites excluding steroid dienone is 1. The molecule has 208 valence electrons. The van der Waals surface area contributed by atoms with Crippen LogP contribution in [0, 0.1) is 0 Å². The third kappa shape index (κ3) is 7.95. The molecule has 0 aliphatic carbocycles. The maximum Gasteiger partial charge on any atom is 0.199 e. The van der Waals surface area contributed by atoms with Crippen molar-refractivity contribution in [3.05, 3.63) is 95.1 Å². The van der Waals surface area contributed by atoms with Crippen molar-refractivity contribution < 1.29 is 19.3 Å². The van der Waals surface area contributed by atoms with Crippen molar-refractivity contribution in [2.75, 3.05) is 33.9 Å². The van der Waals surface area contributed by atoms with E-state index in [9.17, 15) is 5.11 Å². The van der Waals surface area contributed by atoms with E-state index >= 15 is 0 Å². The number of aliphatic hydroxyl groups is 1. The number of rotatable bonds is 11. The highest BCUT2D eigenvalue weighted by Crippen LogP contribution is 2.36. The Bertz CT molecular complexity index is 1200. The molecule has 0 aromatic heterocycles. The fourth-order valence-corrected chi connectivity index (χ4v) is 4.84. The highest BCUT2D eigenvalue weighted by molar-refractivity contribution is 5.98. The molecule has 39 heavy (non-hydrogen) atoms. The summed E-state index contributed by atoms with van der Waals surface area (Å²) in [6.45, 7) is 8.09. The van der Waals surface area contributed by atoms with Crippen molar-refractivity contribution in [1.82, 2.24) is 4.90 Å². The van der Waals surface area contributed by atoms with Gasteiger partial charge in [-0.1, -0.05) is 55.5 Å². The van der Waals surface area contributed by atoms with Gasteiger partial charge in [-0.2, -0.15) is 0 Å². The third-order valence-electron chi connectivity index (χ3n) is 7.09. The highest BCUT2D eigenvalue weighted by Gasteiger charge is 2.19. The van der Waals surface area contributed by atoms with E-state index in [0.29, 0.717) is 6.61 Å².